The number of benzene rings is 1. The zero-order chi connectivity index (χ0) is 15.4. The van der Waals surface area contributed by atoms with Crippen LogP contribution in [0.25, 0.3) is 6.08 Å². The van der Waals surface area contributed by atoms with Crippen LogP contribution in [0.3, 0.4) is 0 Å². The number of halogens is 2. The molecule has 21 heavy (non-hydrogen) atoms. The number of esters is 1. The molecule has 0 aliphatic rings. The van der Waals surface area contributed by atoms with Crippen molar-refractivity contribution in [3.8, 4) is 5.88 Å². The molecule has 0 aliphatic heterocycles. The molecule has 0 radical (unpaired) electrons. The predicted molar refractivity (Wildman–Crippen MR) is 78.2 cm³/mol. The molecule has 0 spiro atoms. The SMILES string of the molecule is NC(=O)c1[nH]cnc1OC(=O)C=Cc1ccc(Cl)c(Cl)c1. The molecule has 2 aromatic rings. The lowest BCUT2D eigenvalue weighted by Gasteiger charge is -1.99. The molecule has 0 atom stereocenters. The van der Waals surface area contributed by atoms with Crippen molar-refractivity contribution in [1.82, 2.24) is 9.97 Å². The summed E-state index contributed by atoms with van der Waals surface area (Å²) in [4.78, 5) is 28.8. The average Bonchev–Trinajstić information content (AvgIpc) is 2.88. The number of carbonyl (C=O) groups excluding carboxylic acids is 2. The lowest BCUT2D eigenvalue weighted by molar-refractivity contribution is -0.129. The van der Waals surface area contributed by atoms with Gasteiger partial charge in [-0.15, -0.1) is 0 Å². The van der Waals surface area contributed by atoms with Gasteiger partial charge in [0, 0.05) is 6.08 Å². The third-order valence-electron chi connectivity index (χ3n) is 2.40. The zero-order valence-corrected chi connectivity index (χ0v) is 12.0. The van der Waals surface area contributed by atoms with Gasteiger partial charge in [-0.3, -0.25) is 4.79 Å². The quantitative estimate of drug-likeness (QED) is 0.666. The Balaban J connectivity index is 2.07. The molecule has 1 heterocycles. The van der Waals surface area contributed by atoms with Crippen molar-refractivity contribution in [3.05, 3.63) is 51.9 Å². The van der Waals surface area contributed by atoms with Crippen molar-refractivity contribution in [2.75, 3.05) is 0 Å². The normalized spacial score (nSPS) is 10.8. The number of nitrogens with zero attached hydrogens (tertiary/aromatic N) is 1. The third-order valence-corrected chi connectivity index (χ3v) is 3.14. The standard InChI is InChI=1S/C13H9Cl2N3O3/c14-8-3-1-7(5-9(8)15)2-4-10(19)21-13-11(12(16)20)17-6-18-13/h1-6H,(H2,16,20)(H,17,18). The molecular formula is C13H9Cl2N3O3. The summed E-state index contributed by atoms with van der Waals surface area (Å²) in [6.45, 7) is 0. The monoisotopic (exact) mass is 325 g/mol. The van der Waals surface area contributed by atoms with Gasteiger partial charge in [0.1, 0.15) is 0 Å². The smallest absolute Gasteiger partial charge is 0.337 e. The molecule has 1 aromatic carbocycles. The number of hydrogen-bond acceptors (Lipinski definition) is 4. The predicted octanol–water partition coefficient (Wildman–Crippen LogP) is 2.43. The van der Waals surface area contributed by atoms with E-state index >= 15 is 0 Å². The lowest BCUT2D eigenvalue weighted by Crippen LogP contribution is -2.14. The van der Waals surface area contributed by atoms with Crippen LogP contribution in [0.5, 0.6) is 5.88 Å². The van der Waals surface area contributed by atoms with E-state index in [1.165, 1.54) is 18.5 Å². The second kappa shape index (κ2) is 6.43. The Morgan fingerprint density at radius 3 is 2.71 bits per heavy atom. The van der Waals surface area contributed by atoms with Gasteiger partial charge >= 0.3 is 5.97 Å². The maximum atomic E-state index is 11.6. The first-order chi connectivity index (χ1) is 9.97. The summed E-state index contributed by atoms with van der Waals surface area (Å²) in [5.41, 5.74) is 5.67. The van der Waals surface area contributed by atoms with Gasteiger partial charge in [0.2, 0.25) is 0 Å². The summed E-state index contributed by atoms with van der Waals surface area (Å²) in [7, 11) is 0. The van der Waals surface area contributed by atoms with Crippen LogP contribution in [0.1, 0.15) is 16.1 Å². The van der Waals surface area contributed by atoms with Gasteiger partial charge in [0.15, 0.2) is 5.69 Å². The molecule has 1 aromatic heterocycles. The molecule has 108 valence electrons. The number of H-pyrrole nitrogens is 1. The fourth-order valence-electron chi connectivity index (χ4n) is 1.45. The Kier molecular flexibility index (Phi) is 4.62. The van der Waals surface area contributed by atoms with E-state index in [4.69, 9.17) is 33.7 Å². The Morgan fingerprint density at radius 2 is 2.05 bits per heavy atom. The lowest BCUT2D eigenvalue weighted by atomic mass is 10.2. The highest BCUT2D eigenvalue weighted by molar-refractivity contribution is 6.42. The Bertz CT molecular complexity index is 725. The summed E-state index contributed by atoms with van der Waals surface area (Å²) in [6, 6.07) is 4.88. The molecule has 1 amide bonds. The van der Waals surface area contributed by atoms with E-state index in [0.29, 0.717) is 15.6 Å². The number of amides is 1. The molecule has 0 saturated heterocycles. The molecule has 0 saturated carbocycles. The van der Waals surface area contributed by atoms with E-state index in [2.05, 4.69) is 9.97 Å². The highest BCUT2D eigenvalue weighted by atomic mass is 35.5. The number of primary amides is 1. The second-order valence-electron chi connectivity index (χ2n) is 3.87. The number of aromatic amines is 1. The van der Waals surface area contributed by atoms with Crippen molar-refractivity contribution in [3.63, 3.8) is 0 Å². The molecule has 6 nitrogen and oxygen atoms in total. The number of imidazole rings is 1. The van der Waals surface area contributed by atoms with Crippen LogP contribution in [0, 0.1) is 0 Å². The second-order valence-corrected chi connectivity index (χ2v) is 4.69. The number of rotatable bonds is 4. The maximum absolute atomic E-state index is 11.6. The van der Waals surface area contributed by atoms with Crippen LogP contribution in [0.2, 0.25) is 10.0 Å². The topological polar surface area (TPSA) is 98.1 Å². The van der Waals surface area contributed by atoms with Gasteiger partial charge in [0.25, 0.3) is 11.8 Å². The summed E-state index contributed by atoms with van der Waals surface area (Å²) < 4.78 is 4.89. The van der Waals surface area contributed by atoms with Crippen molar-refractivity contribution < 1.29 is 14.3 Å². The number of carbonyl (C=O) groups is 2. The van der Waals surface area contributed by atoms with Gasteiger partial charge in [-0.25, -0.2) is 9.78 Å². The Morgan fingerprint density at radius 1 is 1.29 bits per heavy atom. The minimum absolute atomic E-state index is 0.0775. The van der Waals surface area contributed by atoms with Crippen LogP contribution < -0.4 is 10.5 Å². The summed E-state index contributed by atoms with van der Waals surface area (Å²) in [5.74, 6) is -1.66. The van der Waals surface area contributed by atoms with E-state index in [1.807, 2.05) is 0 Å². The van der Waals surface area contributed by atoms with Crippen molar-refractivity contribution >= 4 is 41.2 Å². The third kappa shape index (κ3) is 3.84. The van der Waals surface area contributed by atoms with Gasteiger partial charge < -0.3 is 15.5 Å². The average molecular weight is 326 g/mol. The highest BCUT2D eigenvalue weighted by Gasteiger charge is 2.14. The number of hydrogen-bond donors (Lipinski definition) is 2. The van der Waals surface area contributed by atoms with E-state index in [9.17, 15) is 9.59 Å². The van der Waals surface area contributed by atoms with Crippen LogP contribution in [0.15, 0.2) is 30.6 Å². The fraction of sp³-hybridized carbons (Fsp3) is 0. The molecule has 3 N–H and O–H groups in total. The number of nitrogens with two attached hydrogens (primary N) is 1. The van der Waals surface area contributed by atoms with Gasteiger partial charge in [-0.05, 0) is 23.8 Å². The van der Waals surface area contributed by atoms with E-state index in [1.54, 1.807) is 18.2 Å². The summed E-state index contributed by atoms with van der Waals surface area (Å²) >= 11 is 11.6. The molecule has 0 bridgehead atoms. The Hall–Kier alpha value is -2.31. The van der Waals surface area contributed by atoms with Gasteiger partial charge in [-0.2, -0.15) is 0 Å². The van der Waals surface area contributed by atoms with Crippen molar-refractivity contribution in [2.24, 2.45) is 5.73 Å². The van der Waals surface area contributed by atoms with E-state index < -0.39 is 11.9 Å². The van der Waals surface area contributed by atoms with Crippen LogP contribution in [-0.2, 0) is 4.79 Å². The van der Waals surface area contributed by atoms with Crippen molar-refractivity contribution in [2.45, 2.75) is 0 Å². The first-order valence-electron chi connectivity index (χ1n) is 5.65. The number of ether oxygens (including phenoxy) is 1. The maximum Gasteiger partial charge on any atom is 0.337 e. The largest absolute Gasteiger partial charge is 0.402 e. The summed E-state index contributed by atoms with van der Waals surface area (Å²) in [5, 5.41) is 0.787. The minimum atomic E-state index is -0.774. The van der Waals surface area contributed by atoms with Crippen LogP contribution in [0.4, 0.5) is 0 Å². The van der Waals surface area contributed by atoms with Crippen molar-refractivity contribution in [1.29, 1.82) is 0 Å². The van der Waals surface area contributed by atoms with Crippen LogP contribution in [-0.4, -0.2) is 21.8 Å². The molecule has 0 fully saturated rings. The fourth-order valence-corrected chi connectivity index (χ4v) is 1.75. The van der Waals surface area contributed by atoms with Gasteiger partial charge in [0.05, 0.1) is 16.4 Å². The molecule has 2 rings (SSSR count). The van der Waals surface area contributed by atoms with E-state index in [0.717, 1.165) is 0 Å². The van der Waals surface area contributed by atoms with E-state index in [-0.39, 0.29) is 11.6 Å². The summed E-state index contributed by atoms with van der Waals surface area (Å²) in [6.07, 6.45) is 3.85. The molecule has 0 aliphatic carbocycles. The first kappa shape index (κ1) is 15.1. The Labute approximate surface area is 129 Å². The van der Waals surface area contributed by atoms with Gasteiger partial charge in [-0.1, -0.05) is 29.3 Å². The highest BCUT2D eigenvalue weighted by Crippen LogP contribution is 2.23. The molecular weight excluding hydrogens is 317 g/mol. The minimum Gasteiger partial charge on any atom is -0.402 e. The zero-order valence-electron chi connectivity index (χ0n) is 10.5. The number of aromatic nitrogens is 2. The first-order valence-corrected chi connectivity index (χ1v) is 6.41. The van der Waals surface area contributed by atoms with Crippen LogP contribution >= 0.6 is 23.2 Å². The number of nitrogens with one attached hydrogen (secondary N) is 1. The molecule has 0 unspecified atom stereocenters. The molecule has 8 heteroatoms.